The van der Waals surface area contributed by atoms with E-state index in [1.165, 1.54) is 11.3 Å². The molecule has 1 amide bonds. The minimum Gasteiger partial charge on any atom is -0.477 e. The number of aromatic nitrogens is 3. The van der Waals surface area contributed by atoms with Crippen molar-refractivity contribution in [3.8, 4) is 28.1 Å². The highest BCUT2D eigenvalue weighted by Gasteiger charge is 2.27. The van der Waals surface area contributed by atoms with Crippen LogP contribution in [-0.4, -0.2) is 31.9 Å². The zero-order valence-corrected chi connectivity index (χ0v) is 24.7. The smallest absolute Gasteiger partial charge is 0.354 e. The van der Waals surface area contributed by atoms with Crippen molar-refractivity contribution in [2.24, 2.45) is 4.36 Å². The van der Waals surface area contributed by atoms with Gasteiger partial charge in [0, 0.05) is 28.8 Å². The van der Waals surface area contributed by atoms with Gasteiger partial charge in [0.05, 0.1) is 11.1 Å². The lowest BCUT2D eigenvalue weighted by atomic mass is 9.99. The van der Waals surface area contributed by atoms with Crippen LogP contribution < -0.4 is 10.1 Å². The fraction of sp³-hybridized carbons (Fsp3) is 0.200. The van der Waals surface area contributed by atoms with Gasteiger partial charge >= 0.3 is 5.56 Å². The molecule has 204 valence electrons. The third kappa shape index (κ3) is 5.50. The Bertz CT molecular complexity index is 1820. The number of aryl methyl sites for hydroxylation is 1. The van der Waals surface area contributed by atoms with Crippen LogP contribution in [0.15, 0.2) is 82.2 Å². The lowest BCUT2D eigenvalue weighted by Gasteiger charge is -2.12. The molecular weight excluding hydrogens is 564 g/mol. The second kappa shape index (κ2) is 11.8. The van der Waals surface area contributed by atoms with Gasteiger partial charge in [0.25, 0.3) is 17.4 Å². The first-order valence-corrected chi connectivity index (χ1v) is 15.5. The normalized spacial score (nSPS) is 11.3. The van der Waals surface area contributed by atoms with Crippen molar-refractivity contribution in [2.45, 2.75) is 27.3 Å². The van der Waals surface area contributed by atoms with E-state index in [4.69, 9.17) is 11.6 Å². The molecule has 1 N–H and O–H groups in total. The van der Waals surface area contributed by atoms with Gasteiger partial charge in [-0.1, -0.05) is 66.5 Å². The van der Waals surface area contributed by atoms with Gasteiger partial charge in [-0.3, -0.25) is 4.79 Å². The fourth-order valence-electron chi connectivity index (χ4n) is 4.64. The summed E-state index contributed by atoms with van der Waals surface area (Å²) in [6.45, 7) is 6.28. The first-order valence-electron chi connectivity index (χ1n) is 12.8. The lowest BCUT2D eigenvalue weighted by Crippen LogP contribution is -2.41. The Kier molecular flexibility index (Phi) is 8.25. The number of hydrogen-bond donors (Lipinski definition) is 1. The molecular formula is C30H28ClN4O3S2+. The van der Waals surface area contributed by atoms with Gasteiger partial charge in [-0.2, -0.15) is 13.3 Å². The number of carbonyl (C=O) groups is 1. The highest BCUT2D eigenvalue weighted by Crippen LogP contribution is 2.30. The van der Waals surface area contributed by atoms with Crippen molar-refractivity contribution in [2.75, 3.05) is 11.5 Å². The second-order valence-corrected chi connectivity index (χ2v) is 13.1. The third-order valence-corrected chi connectivity index (χ3v) is 9.52. The van der Waals surface area contributed by atoms with E-state index < -0.39 is 0 Å². The zero-order valence-electron chi connectivity index (χ0n) is 22.3. The number of halogens is 1. The Morgan fingerprint density at radius 1 is 1.07 bits per heavy atom. The predicted octanol–water partition coefficient (Wildman–Crippen LogP) is 6.08. The molecule has 0 atom stereocenters. The van der Waals surface area contributed by atoms with Crippen molar-refractivity contribution in [3.05, 3.63) is 104 Å². The van der Waals surface area contributed by atoms with Gasteiger partial charge in [-0.05, 0) is 53.9 Å². The van der Waals surface area contributed by atoms with Crippen LogP contribution in [0.1, 0.15) is 34.6 Å². The summed E-state index contributed by atoms with van der Waals surface area (Å²) in [6.07, 6.45) is 3.38. The Labute approximate surface area is 243 Å². The maximum Gasteiger partial charge on any atom is 0.354 e. The molecule has 0 aliphatic rings. The van der Waals surface area contributed by atoms with E-state index in [9.17, 15) is 14.7 Å². The SMILES string of the molecule is CCS(CC)=NC(=O)c1ccc(-c2cccc(-c3c(O)[n+](Cc4cnc(Cl)s4)c4c(C)cccn4c3=O)c2)cc1. The van der Waals surface area contributed by atoms with Crippen LogP contribution >= 0.6 is 22.9 Å². The number of fused-ring (bicyclic) bond motifs is 1. The molecule has 2 aromatic carbocycles. The van der Waals surface area contributed by atoms with Gasteiger partial charge in [0.15, 0.2) is 10.0 Å². The molecule has 0 saturated carbocycles. The van der Waals surface area contributed by atoms with E-state index in [0.29, 0.717) is 27.8 Å². The number of aromatic hydroxyl groups is 1. The molecule has 5 rings (SSSR count). The van der Waals surface area contributed by atoms with Gasteiger partial charge in [0.1, 0.15) is 6.54 Å². The Hall–Kier alpha value is -3.66. The van der Waals surface area contributed by atoms with Crippen LogP contribution in [-0.2, 0) is 17.2 Å². The van der Waals surface area contributed by atoms with Crippen molar-refractivity contribution >= 4 is 45.2 Å². The highest BCUT2D eigenvalue weighted by atomic mass is 35.5. The minimum absolute atomic E-state index is 0.134. The van der Waals surface area contributed by atoms with E-state index in [0.717, 1.165) is 33.1 Å². The Morgan fingerprint density at radius 3 is 2.48 bits per heavy atom. The number of pyridine rings is 1. The first-order chi connectivity index (χ1) is 19.3. The summed E-state index contributed by atoms with van der Waals surface area (Å²) in [5.74, 6) is 1.37. The maximum absolute atomic E-state index is 13.7. The second-order valence-electron chi connectivity index (χ2n) is 9.15. The van der Waals surface area contributed by atoms with Crippen LogP contribution in [0.25, 0.3) is 27.9 Å². The van der Waals surface area contributed by atoms with Gasteiger partial charge in [0.2, 0.25) is 0 Å². The topological polar surface area (TPSA) is 87.9 Å². The molecule has 0 fully saturated rings. The highest BCUT2D eigenvalue weighted by molar-refractivity contribution is 7.87. The van der Waals surface area contributed by atoms with Crippen LogP contribution in [0.2, 0.25) is 4.47 Å². The molecule has 0 spiro atoms. The molecule has 7 nitrogen and oxygen atoms in total. The Balaban J connectivity index is 1.59. The number of nitrogens with zero attached hydrogens (tertiary/aromatic N) is 4. The molecule has 3 heterocycles. The molecule has 3 aromatic heterocycles. The first kappa shape index (κ1) is 27.9. The number of amides is 1. The van der Waals surface area contributed by atoms with E-state index in [1.54, 1.807) is 33.5 Å². The number of thiazole rings is 1. The number of benzene rings is 2. The molecule has 5 aromatic rings. The molecule has 0 aliphatic carbocycles. The summed E-state index contributed by atoms with van der Waals surface area (Å²) in [5, 5.41) is 11.5. The summed E-state index contributed by atoms with van der Waals surface area (Å²) in [5.41, 5.74) is 4.16. The van der Waals surface area contributed by atoms with Gasteiger partial charge < -0.3 is 5.11 Å². The van der Waals surface area contributed by atoms with E-state index in [-0.39, 0.29) is 33.6 Å². The maximum atomic E-state index is 13.7. The molecule has 0 radical (unpaired) electrons. The summed E-state index contributed by atoms with van der Waals surface area (Å²) < 4.78 is 8.03. The summed E-state index contributed by atoms with van der Waals surface area (Å²) in [6, 6.07) is 18.5. The average Bonchev–Trinajstić information content (AvgIpc) is 3.38. The average molecular weight is 592 g/mol. The van der Waals surface area contributed by atoms with Crippen molar-refractivity contribution < 1.29 is 14.5 Å². The van der Waals surface area contributed by atoms with Crippen LogP contribution in [0.5, 0.6) is 5.88 Å². The minimum atomic E-state index is -0.322. The number of carbonyl (C=O) groups excluding carboxylic acids is 1. The Morgan fingerprint density at radius 2 is 1.80 bits per heavy atom. The molecule has 0 bridgehead atoms. The standard InChI is InChI=1S/C30H27ClN4O3S2/c1-4-40(5-2)33-26(36)21-13-11-20(12-14-21)22-9-6-10-23(16-22)25-28(37)34-15-7-8-19(3)27(34)35(29(25)38)18-24-17-32-30(31)39-24/h6-17H,4-5,18H2,1-3H3/p+1. The molecule has 40 heavy (non-hydrogen) atoms. The summed E-state index contributed by atoms with van der Waals surface area (Å²) in [7, 11) is -0.256. The van der Waals surface area contributed by atoms with Crippen molar-refractivity contribution in [3.63, 3.8) is 0 Å². The van der Waals surface area contributed by atoms with Crippen LogP contribution in [0.3, 0.4) is 0 Å². The van der Waals surface area contributed by atoms with Crippen LogP contribution in [0, 0.1) is 6.92 Å². The molecule has 0 aliphatic heterocycles. The van der Waals surface area contributed by atoms with E-state index >= 15 is 0 Å². The van der Waals surface area contributed by atoms with E-state index in [2.05, 4.69) is 9.35 Å². The largest absolute Gasteiger partial charge is 0.477 e. The lowest BCUT2D eigenvalue weighted by molar-refractivity contribution is -0.671. The number of hydrogen-bond acceptors (Lipinski definition) is 5. The molecule has 0 unspecified atom stereocenters. The van der Waals surface area contributed by atoms with Gasteiger partial charge in [-0.15, -0.1) is 11.3 Å². The fourth-order valence-corrected chi connectivity index (χ4v) is 6.62. The van der Waals surface area contributed by atoms with Gasteiger partial charge in [-0.25, -0.2) is 9.78 Å². The van der Waals surface area contributed by atoms with E-state index in [1.807, 2.05) is 69.3 Å². The molecule has 10 heteroatoms. The molecule has 0 saturated heterocycles. The monoisotopic (exact) mass is 591 g/mol. The number of rotatable bonds is 7. The summed E-state index contributed by atoms with van der Waals surface area (Å²) >= 11 is 7.39. The summed E-state index contributed by atoms with van der Waals surface area (Å²) in [4.78, 5) is 31.3. The van der Waals surface area contributed by atoms with Crippen molar-refractivity contribution in [1.82, 2.24) is 9.38 Å². The predicted molar refractivity (Wildman–Crippen MR) is 163 cm³/mol. The van der Waals surface area contributed by atoms with Crippen molar-refractivity contribution in [1.29, 1.82) is 0 Å². The van der Waals surface area contributed by atoms with Crippen LogP contribution in [0.4, 0.5) is 0 Å². The quantitative estimate of drug-likeness (QED) is 0.233. The zero-order chi connectivity index (χ0) is 28.4. The third-order valence-electron chi connectivity index (χ3n) is 6.66.